The molecule has 138 valence electrons. The van der Waals surface area contributed by atoms with Crippen molar-refractivity contribution in [2.75, 3.05) is 19.0 Å². The summed E-state index contributed by atoms with van der Waals surface area (Å²) in [4.78, 5) is 4.28. The molecule has 1 N–H and O–H groups in total. The zero-order valence-electron chi connectivity index (χ0n) is 13.3. The number of hydrogen-bond acceptors (Lipinski definition) is 9. The molecule has 1 aromatic carbocycles. The molecule has 2 heterocycles. The lowest BCUT2D eigenvalue weighted by molar-refractivity contribution is -0.115. The lowest BCUT2D eigenvalue weighted by Crippen LogP contribution is -2.21. The Balaban J connectivity index is 1.57. The highest BCUT2D eigenvalue weighted by atomic mass is 32.2. The molecule has 0 saturated carbocycles. The maximum absolute atomic E-state index is 12.2. The molecule has 0 saturated heterocycles. The summed E-state index contributed by atoms with van der Waals surface area (Å²) in [6.45, 7) is -1.15. The Labute approximate surface area is 154 Å². The minimum atomic E-state index is -4.31. The quantitative estimate of drug-likeness (QED) is 0.595. The van der Waals surface area contributed by atoms with Crippen LogP contribution in [-0.4, -0.2) is 40.2 Å². The van der Waals surface area contributed by atoms with Crippen LogP contribution in [0, 0.1) is 0 Å². The molecule has 3 rings (SSSR count). The van der Waals surface area contributed by atoms with E-state index in [9.17, 15) is 13.2 Å². The molecule has 0 aliphatic heterocycles. The van der Waals surface area contributed by atoms with Crippen molar-refractivity contribution in [3.8, 4) is 17.1 Å². The summed E-state index contributed by atoms with van der Waals surface area (Å²) in [7, 11) is 1.57. The molecule has 0 bridgehead atoms. The van der Waals surface area contributed by atoms with E-state index in [4.69, 9.17) is 9.26 Å². The minimum Gasteiger partial charge on any atom is -0.497 e. The van der Waals surface area contributed by atoms with Crippen molar-refractivity contribution >= 4 is 28.2 Å². The van der Waals surface area contributed by atoms with Gasteiger partial charge in [0.25, 0.3) is 0 Å². The van der Waals surface area contributed by atoms with Crippen LogP contribution in [0.3, 0.4) is 0 Å². The highest BCUT2D eigenvalue weighted by Crippen LogP contribution is 2.29. The molecule has 0 spiro atoms. The van der Waals surface area contributed by atoms with Crippen molar-refractivity contribution in [2.45, 2.75) is 16.3 Å². The highest BCUT2D eigenvalue weighted by molar-refractivity contribution is 8.00. The predicted molar refractivity (Wildman–Crippen MR) is 90.3 cm³/mol. The Morgan fingerprint density at radius 1 is 1.31 bits per heavy atom. The largest absolute Gasteiger partial charge is 0.497 e. The second kappa shape index (κ2) is 7.91. The molecule has 0 atom stereocenters. The van der Waals surface area contributed by atoms with Gasteiger partial charge in [-0.25, -0.2) is 0 Å². The zero-order chi connectivity index (χ0) is 18.6. The van der Waals surface area contributed by atoms with Gasteiger partial charge in [0.2, 0.25) is 16.8 Å². The van der Waals surface area contributed by atoms with Crippen LogP contribution in [0.1, 0.15) is 5.89 Å². The van der Waals surface area contributed by atoms with Crippen LogP contribution >= 0.6 is 23.1 Å². The predicted octanol–water partition coefficient (Wildman–Crippen LogP) is 3.86. The van der Waals surface area contributed by atoms with E-state index in [2.05, 4.69) is 25.7 Å². The van der Waals surface area contributed by atoms with Gasteiger partial charge in [0.1, 0.15) is 12.3 Å². The standard InChI is InChI=1S/C14H12F3N5O2S2/c1-23-9-4-2-3-8(5-9)11-19-10(24-22-11)6-25-13-21-20-12(26-13)18-7-14(15,16)17/h2-5H,6-7H2,1H3,(H,18,20). The third-order valence-electron chi connectivity index (χ3n) is 2.96. The van der Waals surface area contributed by atoms with E-state index in [-0.39, 0.29) is 5.13 Å². The van der Waals surface area contributed by atoms with Gasteiger partial charge >= 0.3 is 6.18 Å². The Morgan fingerprint density at radius 3 is 2.92 bits per heavy atom. The Kier molecular flexibility index (Phi) is 5.61. The molecule has 0 radical (unpaired) electrons. The summed E-state index contributed by atoms with van der Waals surface area (Å²) in [6, 6.07) is 7.23. The van der Waals surface area contributed by atoms with Crippen LogP contribution in [-0.2, 0) is 5.75 Å². The number of ether oxygens (including phenoxy) is 1. The number of rotatable bonds is 7. The molecule has 26 heavy (non-hydrogen) atoms. The topological polar surface area (TPSA) is 86.0 Å². The number of anilines is 1. The molecule has 0 aliphatic rings. The summed E-state index contributed by atoms with van der Waals surface area (Å²) in [5.41, 5.74) is 0.749. The lowest BCUT2D eigenvalue weighted by Gasteiger charge is -2.05. The van der Waals surface area contributed by atoms with Gasteiger partial charge in [-0.15, -0.1) is 10.2 Å². The Bertz CT molecular complexity index is 868. The first kappa shape index (κ1) is 18.5. The molecule has 0 unspecified atom stereocenters. The highest BCUT2D eigenvalue weighted by Gasteiger charge is 2.27. The average Bonchev–Trinajstić information content (AvgIpc) is 3.27. The number of halogens is 3. The summed E-state index contributed by atoms with van der Waals surface area (Å²) >= 11 is 2.27. The monoisotopic (exact) mass is 403 g/mol. The van der Waals surface area contributed by atoms with Crippen LogP contribution in [0.2, 0.25) is 0 Å². The molecule has 0 aliphatic carbocycles. The maximum atomic E-state index is 12.2. The smallest absolute Gasteiger partial charge is 0.405 e. The third-order valence-corrected chi connectivity index (χ3v) is 4.96. The van der Waals surface area contributed by atoms with Gasteiger partial charge in [0.15, 0.2) is 4.34 Å². The van der Waals surface area contributed by atoms with Crippen molar-refractivity contribution in [1.82, 2.24) is 20.3 Å². The van der Waals surface area contributed by atoms with E-state index in [1.54, 1.807) is 19.2 Å². The number of aromatic nitrogens is 4. The zero-order valence-corrected chi connectivity index (χ0v) is 14.9. The van der Waals surface area contributed by atoms with Gasteiger partial charge in [0, 0.05) is 5.56 Å². The van der Waals surface area contributed by atoms with Gasteiger partial charge in [-0.05, 0) is 12.1 Å². The number of benzene rings is 1. The third kappa shape index (κ3) is 5.08. The first-order chi connectivity index (χ1) is 12.4. The summed E-state index contributed by atoms with van der Waals surface area (Å²) < 4.78 is 47.3. The van der Waals surface area contributed by atoms with Crippen LogP contribution in [0.5, 0.6) is 5.75 Å². The van der Waals surface area contributed by atoms with E-state index >= 15 is 0 Å². The van der Waals surface area contributed by atoms with Crippen LogP contribution in [0.4, 0.5) is 18.3 Å². The summed E-state index contributed by atoms with van der Waals surface area (Å²) in [6.07, 6.45) is -4.31. The number of nitrogens with one attached hydrogen (secondary N) is 1. The fourth-order valence-corrected chi connectivity index (χ4v) is 3.42. The number of hydrogen-bond donors (Lipinski definition) is 1. The molecule has 7 nitrogen and oxygen atoms in total. The van der Waals surface area contributed by atoms with Crippen molar-refractivity contribution in [1.29, 1.82) is 0 Å². The Morgan fingerprint density at radius 2 is 2.15 bits per heavy atom. The molecular formula is C14H12F3N5O2S2. The van der Waals surface area contributed by atoms with Gasteiger partial charge in [-0.2, -0.15) is 18.2 Å². The number of nitrogens with zero attached hydrogens (tertiary/aromatic N) is 4. The van der Waals surface area contributed by atoms with Gasteiger partial charge in [-0.1, -0.05) is 40.4 Å². The van der Waals surface area contributed by atoms with E-state index < -0.39 is 12.7 Å². The first-order valence-electron chi connectivity index (χ1n) is 7.17. The second-order valence-corrected chi connectivity index (χ2v) is 7.07. The fourth-order valence-electron chi connectivity index (χ4n) is 1.83. The van der Waals surface area contributed by atoms with Crippen LogP contribution in [0.25, 0.3) is 11.4 Å². The number of methoxy groups -OCH3 is 1. The number of thioether (sulfide) groups is 1. The van der Waals surface area contributed by atoms with Gasteiger partial charge in [-0.3, -0.25) is 0 Å². The lowest BCUT2D eigenvalue weighted by atomic mass is 10.2. The molecule has 12 heteroatoms. The fraction of sp³-hybridized carbons (Fsp3) is 0.286. The van der Waals surface area contributed by atoms with E-state index in [1.807, 2.05) is 12.1 Å². The molecule has 0 fully saturated rings. The molecule has 3 aromatic rings. The van der Waals surface area contributed by atoms with E-state index in [0.717, 1.165) is 16.9 Å². The first-order valence-corrected chi connectivity index (χ1v) is 8.97. The van der Waals surface area contributed by atoms with Crippen LogP contribution < -0.4 is 10.1 Å². The minimum absolute atomic E-state index is 0.104. The van der Waals surface area contributed by atoms with Crippen LogP contribution in [0.15, 0.2) is 33.1 Å². The van der Waals surface area contributed by atoms with Crippen molar-refractivity contribution in [3.63, 3.8) is 0 Å². The molecule has 0 amide bonds. The Hall–Kier alpha value is -2.34. The van der Waals surface area contributed by atoms with E-state index in [0.29, 0.717) is 27.6 Å². The van der Waals surface area contributed by atoms with Crippen molar-refractivity contribution in [2.24, 2.45) is 0 Å². The summed E-state index contributed by atoms with van der Waals surface area (Å²) in [5, 5.41) is 13.7. The second-order valence-electron chi connectivity index (χ2n) is 4.87. The van der Waals surface area contributed by atoms with Gasteiger partial charge in [0.05, 0.1) is 12.9 Å². The maximum Gasteiger partial charge on any atom is 0.405 e. The molecular weight excluding hydrogens is 391 g/mol. The average molecular weight is 403 g/mol. The normalized spacial score (nSPS) is 11.5. The SMILES string of the molecule is COc1cccc(-c2noc(CSc3nnc(NCC(F)(F)F)s3)n2)c1. The molecule has 2 aromatic heterocycles. The number of alkyl halides is 3. The van der Waals surface area contributed by atoms with Crippen molar-refractivity contribution in [3.05, 3.63) is 30.2 Å². The van der Waals surface area contributed by atoms with E-state index in [1.165, 1.54) is 11.8 Å². The van der Waals surface area contributed by atoms with Crippen molar-refractivity contribution < 1.29 is 22.4 Å². The van der Waals surface area contributed by atoms with Gasteiger partial charge < -0.3 is 14.6 Å². The summed E-state index contributed by atoms with van der Waals surface area (Å²) in [5.74, 6) is 1.79.